The highest BCUT2D eigenvalue weighted by molar-refractivity contribution is 6.20. The summed E-state index contributed by atoms with van der Waals surface area (Å²) >= 11 is 6.24. The van der Waals surface area contributed by atoms with E-state index in [4.69, 9.17) is 11.6 Å². The molecule has 0 aromatic heterocycles. The molecule has 1 atom stereocenters. The minimum Gasteiger partial charge on any atom is -0.480 e. The molecule has 0 radical (unpaired) electrons. The van der Waals surface area contributed by atoms with Crippen LogP contribution >= 0.6 is 11.6 Å². The molecule has 0 heterocycles. The van der Waals surface area contributed by atoms with Crippen molar-refractivity contribution in [1.29, 1.82) is 0 Å². The molecule has 144 valence electrons. The molecule has 4 heteroatoms. The van der Waals surface area contributed by atoms with Crippen LogP contribution in [0, 0.1) is 0 Å². The van der Waals surface area contributed by atoms with Gasteiger partial charge in [-0.15, -0.1) is 11.6 Å². The van der Waals surface area contributed by atoms with E-state index in [-0.39, 0.29) is 5.88 Å². The highest BCUT2D eigenvalue weighted by Crippen LogP contribution is 2.39. The van der Waals surface area contributed by atoms with Crippen LogP contribution in [0.25, 0.3) is 0 Å². The highest BCUT2D eigenvalue weighted by Gasteiger charge is 2.46. The van der Waals surface area contributed by atoms with Gasteiger partial charge in [0, 0.05) is 0 Å². The van der Waals surface area contributed by atoms with Crippen molar-refractivity contribution in [3.8, 4) is 0 Å². The van der Waals surface area contributed by atoms with Gasteiger partial charge in [0.05, 0.1) is 11.4 Å². The van der Waals surface area contributed by atoms with Crippen LogP contribution in [0.1, 0.15) is 30.0 Å². The first-order chi connectivity index (χ1) is 13.6. The molecule has 28 heavy (non-hydrogen) atoms. The van der Waals surface area contributed by atoms with Crippen LogP contribution in [0.2, 0.25) is 0 Å². The summed E-state index contributed by atoms with van der Waals surface area (Å²) in [6, 6.07) is 29.8. The Kier molecular flexibility index (Phi) is 6.18. The number of hydrogen-bond donors (Lipinski definition) is 2. The molecule has 3 rings (SSSR count). The van der Waals surface area contributed by atoms with Crippen molar-refractivity contribution >= 4 is 17.6 Å². The van der Waals surface area contributed by atoms with E-state index in [2.05, 4.69) is 5.32 Å². The lowest BCUT2D eigenvalue weighted by molar-refractivity contribution is -0.144. The van der Waals surface area contributed by atoms with Crippen molar-refractivity contribution in [2.45, 2.75) is 24.4 Å². The minimum atomic E-state index is -1.29. The average Bonchev–Trinajstić information content (AvgIpc) is 2.77. The zero-order chi connectivity index (χ0) is 20.0. The van der Waals surface area contributed by atoms with Gasteiger partial charge >= 0.3 is 5.97 Å². The summed E-state index contributed by atoms with van der Waals surface area (Å²) in [6.45, 7) is 1.84. The van der Waals surface area contributed by atoms with E-state index < -0.39 is 17.0 Å². The minimum absolute atomic E-state index is 0.0485. The van der Waals surface area contributed by atoms with Crippen molar-refractivity contribution in [2.75, 3.05) is 5.88 Å². The van der Waals surface area contributed by atoms with Gasteiger partial charge in [-0.2, -0.15) is 0 Å². The van der Waals surface area contributed by atoms with Gasteiger partial charge in [-0.1, -0.05) is 97.9 Å². The highest BCUT2D eigenvalue weighted by atomic mass is 35.5. The molecule has 3 aromatic rings. The Hall–Kier alpha value is -2.62. The largest absolute Gasteiger partial charge is 0.480 e. The van der Waals surface area contributed by atoms with Crippen molar-refractivity contribution in [1.82, 2.24) is 5.32 Å². The summed E-state index contributed by atoms with van der Waals surface area (Å²) < 4.78 is 0. The molecule has 3 aromatic carbocycles. The number of nitrogens with one attached hydrogen (secondary N) is 1. The van der Waals surface area contributed by atoms with Crippen molar-refractivity contribution in [2.24, 2.45) is 0 Å². The Bertz CT molecular complexity index is 797. The number of halogens is 1. The fourth-order valence-corrected chi connectivity index (χ4v) is 3.99. The molecule has 0 saturated heterocycles. The molecule has 0 bridgehead atoms. The topological polar surface area (TPSA) is 49.3 Å². The first-order valence-corrected chi connectivity index (χ1v) is 9.88. The van der Waals surface area contributed by atoms with Gasteiger partial charge in [-0.05, 0) is 23.1 Å². The fraction of sp³-hybridized carbons (Fsp3) is 0.208. The van der Waals surface area contributed by atoms with Gasteiger partial charge in [-0.25, -0.2) is 0 Å². The van der Waals surface area contributed by atoms with E-state index in [1.165, 1.54) is 0 Å². The number of rotatable bonds is 8. The zero-order valence-corrected chi connectivity index (χ0v) is 16.6. The Labute approximate surface area is 171 Å². The number of carbonyl (C=O) groups is 1. The molecule has 2 N–H and O–H groups in total. The molecule has 0 amide bonds. The van der Waals surface area contributed by atoms with Crippen LogP contribution in [0.3, 0.4) is 0 Å². The molecule has 0 saturated carbocycles. The summed E-state index contributed by atoms with van der Waals surface area (Å²) in [4.78, 5) is 12.3. The number of hydrogen-bond acceptors (Lipinski definition) is 2. The molecule has 0 spiro atoms. The summed E-state index contributed by atoms with van der Waals surface area (Å²) in [5.74, 6) is -1.01. The monoisotopic (exact) mass is 393 g/mol. The lowest BCUT2D eigenvalue weighted by atomic mass is 9.75. The van der Waals surface area contributed by atoms with Crippen molar-refractivity contribution < 1.29 is 9.90 Å². The second-order valence-corrected chi connectivity index (χ2v) is 7.11. The third-order valence-corrected chi connectivity index (χ3v) is 5.74. The van der Waals surface area contributed by atoms with Gasteiger partial charge in [0.25, 0.3) is 0 Å². The predicted molar refractivity (Wildman–Crippen MR) is 114 cm³/mol. The van der Waals surface area contributed by atoms with Crippen LogP contribution in [-0.4, -0.2) is 22.5 Å². The SMILES string of the molecule is CC[C@](CCl)(NC(c1ccccc1)(c1ccccc1)c1ccccc1)C(=O)O. The van der Waals surface area contributed by atoms with E-state index in [0.717, 1.165) is 16.7 Å². The number of carboxylic acids is 1. The van der Waals surface area contributed by atoms with E-state index in [9.17, 15) is 9.90 Å². The van der Waals surface area contributed by atoms with Crippen LogP contribution in [0.15, 0.2) is 91.0 Å². The van der Waals surface area contributed by atoms with Crippen molar-refractivity contribution in [3.05, 3.63) is 108 Å². The number of benzene rings is 3. The van der Waals surface area contributed by atoms with Gasteiger partial charge < -0.3 is 5.11 Å². The van der Waals surface area contributed by atoms with Gasteiger partial charge in [0.15, 0.2) is 0 Å². The molecular formula is C24H24ClNO2. The van der Waals surface area contributed by atoms with Gasteiger partial charge in [-0.3, -0.25) is 10.1 Å². The smallest absolute Gasteiger partial charge is 0.325 e. The maximum absolute atomic E-state index is 12.3. The average molecular weight is 394 g/mol. The molecule has 0 fully saturated rings. The fourth-order valence-electron chi connectivity index (χ4n) is 3.62. The van der Waals surface area contributed by atoms with E-state index in [0.29, 0.717) is 6.42 Å². The molecule has 3 nitrogen and oxygen atoms in total. The Morgan fingerprint density at radius 2 is 1.18 bits per heavy atom. The van der Waals surface area contributed by atoms with Crippen molar-refractivity contribution in [3.63, 3.8) is 0 Å². The lowest BCUT2D eigenvalue weighted by Gasteiger charge is -2.43. The lowest BCUT2D eigenvalue weighted by Crippen LogP contribution is -2.62. The van der Waals surface area contributed by atoms with E-state index >= 15 is 0 Å². The Balaban J connectivity index is 2.36. The molecule has 0 aliphatic heterocycles. The number of carboxylic acid groups (broad SMARTS) is 1. The number of aliphatic carboxylic acids is 1. The van der Waals surface area contributed by atoms with Gasteiger partial charge in [0.2, 0.25) is 0 Å². The van der Waals surface area contributed by atoms with Crippen LogP contribution in [-0.2, 0) is 10.3 Å². The molecule has 0 unspecified atom stereocenters. The Morgan fingerprint density at radius 1 is 0.821 bits per heavy atom. The second kappa shape index (κ2) is 8.59. The molecular weight excluding hydrogens is 370 g/mol. The predicted octanol–water partition coefficient (Wildman–Crippen LogP) is 5.04. The summed E-state index contributed by atoms with van der Waals surface area (Å²) in [7, 11) is 0. The maximum Gasteiger partial charge on any atom is 0.325 e. The van der Waals surface area contributed by atoms with Crippen LogP contribution in [0.5, 0.6) is 0 Å². The summed E-state index contributed by atoms with van der Waals surface area (Å²) in [5.41, 5.74) is 0.709. The standard InChI is InChI=1S/C24H24ClNO2/c1-2-23(18-25,22(27)28)26-24(19-12-6-3-7-13-19,20-14-8-4-9-15-20)21-16-10-5-11-17-21/h3-17,26H,2,18H2,1H3,(H,27,28)/t23-/m1/s1. The second-order valence-electron chi connectivity index (χ2n) is 6.85. The van der Waals surface area contributed by atoms with Crippen LogP contribution < -0.4 is 5.32 Å². The third-order valence-electron chi connectivity index (χ3n) is 5.29. The summed E-state index contributed by atoms with van der Waals surface area (Å²) in [6.07, 6.45) is 0.347. The van der Waals surface area contributed by atoms with Crippen LogP contribution in [0.4, 0.5) is 0 Å². The Morgan fingerprint density at radius 3 is 1.43 bits per heavy atom. The molecule has 0 aliphatic rings. The van der Waals surface area contributed by atoms with Gasteiger partial charge in [0.1, 0.15) is 5.54 Å². The summed E-state index contributed by atoms with van der Waals surface area (Å²) in [5, 5.41) is 13.6. The first kappa shape index (κ1) is 20.1. The number of alkyl halides is 1. The van der Waals surface area contributed by atoms with E-state index in [1.807, 2.05) is 97.9 Å². The normalized spacial score (nSPS) is 13.6. The first-order valence-electron chi connectivity index (χ1n) is 9.34. The zero-order valence-electron chi connectivity index (χ0n) is 15.8. The quantitative estimate of drug-likeness (QED) is 0.416. The third kappa shape index (κ3) is 3.56. The molecule has 0 aliphatic carbocycles. The maximum atomic E-state index is 12.3. The van der Waals surface area contributed by atoms with E-state index in [1.54, 1.807) is 0 Å².